The van der Waals surface area contributed by atoms with Crippen LogP contribution in [0.1, 0.15) is 35.5 Å². The van der Waals surface area contributed by atoms with Gasteiger partial charge in [-0.2, -0.15) is 13.2 Å². The van der Waals surface area contributed by atoms with Crippen LogP contribution in [0.4, 0.5) is 17.6 Å². The first-order valence-electron chi connectivity index (χ1n) is 12.0. The number of aliphatic hydroxyl groups is 2. The number of nitrogens with zero attached hydrogens (tertiary/aromatic N) is 1. The van der Waals surface area contributed by atoms with Gasteiger partial charge in [-0.3, -0.25) is 4.79 Å². The molecule has 2 aromatic carbocycles. The van der Waals surface area contributed by atoms with Crippen molar-refractivity contribution in [1.82, 2.24) is 15.1 Å². The Hall–Kier alpha value is -3.16. The normalized spacial score (nSPS) is 13.4. The largest absolute Gasteiger partial charge is 0.493 e. The van der Waals surface area contributed by atoms with Crippen molar-refractivity contribution in [2.75, 3.05) is 26.9 Å². The standard InChI is InChI=1S/C27H27Cl2F4N3O5/c1-25(2,36-29)17-12-20(15-4-6-19(30)18(28)10-15)35-23(13-17)26(39,27(31,32)33)14-34-24(38)16-5-7-21(41-9-8-37)22(11-16)40-3/h4-7,10-13,36-37,39H,8-9,14H2,1-3H3,(H,34,38)/t26-/m1/s1. The molecule has 3 rings (SSSR count). The van der Waals surface area contributed by atoms with Crippen molar-refractivity contribution in [3.05, 3.63) is 76.2 Å². The molecule has 8 nitrogen and oxygen atoms in total. The quantitative estimate of drug-likeness (QED) is 0.175. The summed E-state index contributed by atoms with van der Waals surface area (Å²) in [5, 5.41) is 21.8. The molecule has 41 heavy (non-hydrogen) atoms. The summed E-state index contributed by atoms with van der Waals surface area (Å²) in [6, 6.07) is 9.79. The van der Waals surface area contributed by atoms with Crippen LogP contribution in [0.2, 0.25) is 5.02 Å². The Labute approximate surface area is 243 Å². The molecule has 3 aromatic rings. The number of pyridine rings is 1. The number of ether oxygens (including phenoxy) is 2. The minimum atomic E-state index is -5.30. The third kappa shape index (κ3) is 7.19. The lowest BCUT2D eigenvalue weighted by Crippen LogP contribution is -2.51. The van der Waals surface area contributed by atoms with Crippen molar-refractivity contribution >= 4 is 29.3 Å². The molecular formula is C27H27Cl2F4N3O5. The van der Waals surface area contributed by atoms with Gasteiger partial charge in [0.25, 0.3) is 5.91 Å². The maximum atomic E-state index is 14.5. The van der Waals surface area contributed by atoms with E-state index in [1.54, 1.807) is 13.8 Å². The number of rotatable bonds is 11. The van der Waals surface area contributed by atoms with Crippen LogP contribution >= 0.6 is 23.4 Å². The minimum Gasteiger partial charge on any atom is -0.493 e. The fourth-order valence-electron chi connectivity index (χ4n) is 3.69. The Morgan fingerprint density at radius 2 is 1.78 bits per heavy atom. The van der Waals surface area contributed by atoms with Gasteiger partial charge in [0.05, 0.1) is 42.2 Å². The van der Waals surface area contributed by atoms with E-state index >= 15 is 0 Å². The van der Waals surface area contributed by atoms with Gasteiger partial charge in [0.1, 0.15) is 12.4 Å². The first-order valence-corrected chi connectivity index (χ1v) is 12.8. The molecule has 0 bridgehead atoms. The summed E-state index contributed by atoms with van der Waals surface area (Å²) < 4.78 is 67.7. The molecule has 222 valence electrons. The number of methoxy groups -OCH3 is 1. The number of carbonyl (C=O) groups excluding carboxylic acids is 1. The molecule has 0 aliphatic rings. The van der Waals surface area contributed by atoms with Gasteiger partial charge in [-0.1, -0.05) is 11.6 Å². The molecular weight excluding hydrogens is 593 g/mol. The molecule has 1 amide bonds. The highest BCUT2D eigenvalue weighted by Gasteiger charge is 2.56. The Balaban J connectivity index is 2.05. The molecule has 0 spiro atoms. The first kappa shape index (κ1) is 32.4. The molecule has 0 unspecified atom stereocenters. The van der Waals surface area contributed by atoms with Crippen molar-refractivity contribution in [1.29, 1.82) is 0 Å². The van der Waals surface area contributed by atoms with E-state index in [1.807, 2.05) is 0 Å². The van der Waals surface area contributed by atoms with E-state index in [9.17, 15) is 27.5 Å². The maximum absolute atomic E-state index is 14.5. The van der Waals surface area contributed by atoms with E-state index in [4.69, 9.17) is 38.0 Å². The van der Waals surface area contributed by atoms with Crippen molar-refractivity contribution in [3.8, 4) is 22.8 Å². The van der Waals surface area contributed by atoms with Gasteiger partial charge in [-0.15, -0.1) is 0 Å². The zero-order valence-corrected chi connectivity index (χ0v) is 23.6. The zero-order chi connectivity index (χ0) is 30.6. The number of hydrogen-bond acceptors (Lipinski definition) is 7. The van der Waals surface area contributed by atoms with Crippen molar-refractivity contribution in [2.45, 2.75) is 31.2 Å². The van der Waals surface area contributed by atoms with Crippen LogP contribution in [0.3, 0.4) is 0 Å². The molecule has 0 saturated heterocycles. The molecule has 0 fully saturated rings. The van der Waals surface area contributed by atoms with Crippen LogP contribution in [0, 0.1) is 5.82 Å². The topological polar surface area (TPSA) is 113 Å². The van der Waals surface area contributed by atoms with E-state index in [-0.39, 0.29) is 52.1 Å². The summed E-state index contributed by atoms with van der Waals surface area (Å²) in [5.41, 5.74) is -5.38. The minimum absolute atomic E-state index is 0.0469. The van der Waals surface area contributed by atoms with Crippen LogP contribution in [0.25, 0.3) is 11.3 Å². The third-order valence-electron chi connectivity index (χ3n) is 6.17. The highest BCUT2D eigenvalue weighted by Crippen LogP contribution is 2.40. The molecule has 0 aliphatic carbocycles. The zero-order valence-electron chi connectivity index (χ0n) is 22.1. The van der Waals surface area contributed by atoms with E-state index in [0.29, 0.717) is 0 Å². The van der Waals surface area contributed by atoms with E-state index in [0.717, 1.165) is 12.1 Å². The predicted octanol–water partition coefficient (Wildman–Crippen LogP) is 5.08. The van der Waals surface area contributed by atoms with Gasteiger partial charge in [-0.25, -0.2) is 14.2 Å². The fourth-order valence-corrected chi connectivity index (χ4v) is 3.98. The molecule has 1 heterocycles. The smallest absolute Gasteiger partial charge is 0.424 e. The highest BCUT2D eigenvalue weighted by molar-refractivity contribution is 6.31. The molecule has 0 saturated carbocycles. The average molecular weight is 620 g/mol. The van der Waals surface area contributed by atoms with E-state index in [2.05, 4.69) is 15.1 Å². The summed E-state index contributed by atoms with van der Waals surface area (Å²) in [6.45, 7) is 1.53. The van der Waals surface area contributed by atoms with Crippen LogP contribution in [0.15, 0.2) is 48.5 Å². The van der Waals surface area contributed by atoms with Crippen LogP contribution in [-0.4, -0.2) is 54.1 Å². The van der Waals surface area contributed by atoms with Crippen LogP contribution in [0.5, 0.6) is 11.5 Å². The summed E-state index contributed by atoms with van der Waals surface area (Å²) >= 11 is 11.7. The fraction of sp³-hybridized carbons (Fsp3) is 0.333. The monoisotopic (exact) mass is 619 g/mol. The highest BCUT2D eigenvalue weighted by atomic mass is 35.5. The summed E-state index contributed by atoms with van der Waals surface area (Å²) in [4.78, 5) is 19.4. The first-order chi connectivity index (χ1) is 19.2. The number of alkyl halides is 3. The van der Waals surface area contributed by atoms with E-state index in [1.165, 1.54) is 43.5 Å². The summed E-state index contributed by atoms with van der Waals surface area (Å²) in [6.07, 6.45) is -5.30. The SMILES string of the molecule is COc1cc(C(=O)NC[C@@](O)(c2cc(C(C)(C)NCl)cc(-c3ccc(F)c(Cl)c3)n2)C(F)(F)F)ccc1OCCO. The van der Waals surface area contributed by atoms with Gasteiger partial charge < -0.3 is 25.0 Å². The Morgan fingerprint density at radius 3 is 2.37 bits per heavy atom. The summed E-state index contributed by atoms with van der Waals surface area (Å²) in [7, 11) is 1.30. The van der Waals surface area contributed by atoms with Crippen molar-refractivity contribution in [3.63, 3.8) is 0 Å². The van der Waals surface area contributed by atoms with Gasteiger partial charge >= 0.3 is 6.18 Å². The van der Waals surface area contributed by atoms with Gasteiger partial charge in [0, 0.05) is 11.1 Å². The molecule has 0 aliphatic heterocycles. The lowest BCUT2D eigenvalue weighted by molar-refractivity contribution is -0.265. The lowest BCUT2D eigenvalue weighted by Gasteiger charge is -2.32. The van der Waals surface area contributed by atoms with Gasteiger partial charge in [-0.05, 0) is 79.7 Å². The Kier molecular flexibility index (Phi) is 10.1. The second-order valence-electron chi connectivity index (χ2n) is 9.45. The summed E-state index contributed by atoms with van der Waals surface area (Å²) in [5.74, 6) is -1.39. The number of nitrogens with one attached hydrogen (secondary N) is 2. The molecule has 1 aromatic heterocycles. The number of halogens is 6. The van der Waals surface area contributed by atoms with Crippen molar-refractivity contribution < 1.29 is 42.0 Å². The lowest BCUT2D eigenvalue weighted by atomic mass is 9.89. The van der Waals surface area contributed by atoms with Crippen molar-refractivity contribution in [2.24, 2.45) is 0 Å². The molecule has 1 atom stereocenters. The predicted molar refractivity (Wildman–Crippen MR) is 145 cm³/mol. The maximum Gasteiger partial charge on any atom is 0.424 e. The van der Waals surface area contributed by atoms with E-state index < -0.39 is 41.3 Å². The molecule has 4 N–H and O–H groups in total. The number of benzene rings is 2. The third-order valence-corrected chi connectivity index (χ3v) is 6.93. The second-order valence-corrected chi connectivity index (χ2v) is 10.0. The number of aromatic nitrogens is 1. The molecule has 14 heteroatoms. The van der Waals surface area contributed by atoms with Crippen LogP contribution in [-0.2, 0) is 11.1 Å². The molecule has 0 radical (unpaired) electrons. The Bertz CT molecular complexity index is 1410. The number of amides is 1. The van der Waals surface area contributed by atoms with Crippen LogP contribution < -0.4 is 19.6 Å². The second kappa shape index (κ2) is 12.8. The number of aliphatic hydroxyl groups excluding tert-OH is 1. The number of carbonyl (C=O) groups is 1. The number of hydrogen-bond donors (Lipinski definition) is 4. The Morgan fingerprint density at radius 1 is 1.07 bits per heavy atom. The average Bonchev–Trinajstić information content (AvgIpc) is 2.94. The van der Waals surface area contributed by atoms with Gasteiger partial charge in [0.15, 0.2) is 11.5 Å². The van der Waals surface area contributed by atoms with Gasteiger partial charge in [0.2, 0.25) is 5.60 Å².